The summed E-state index contributed by atoms with van der Waals surface area (Å²) < 4.78 is 15.6. The van der Waals surface area contributed by atoms with Gasteiger partial charge in [0, 0.05) is 12.6 Å². The SMILES string of the molecule is COc1cnc(C(C)(O)CC2COCCN2)c(OC)n1. The van der Waals surface area contributed by atoms with Crippen molar-refractivity contribution in [3.8, 4) is 11.8 Å². The van der Waals surface area contributed by atoms with Crippen molar-refractivity contribution in [2.45, 2.75) is 25.0 Å². The van der Waals surface area contributed by atoms with E-state index in [1.807, 2.05) is 0 Å². The zero-order valence-corrected chi connectivity index (χ0v) is 12.0. The van der Waals surface area contributed by atoms with E-state index in [9.17, 15) is 5.11 Å². The van der Waals surface area contributed by atoms with Gasteiger partial charge in [-0.15, -0.1) is 0 Å². The van der Waals surface area contributed by atoms with Crippen LogP contribution >= 0.6 is 0 Å². The van der Waals surface area contributed by atoms with Crippen molar-refractivity contribution in [3.63, 3.8) is 0 Å². The first-order valence-corrected chi connectivity index (χ1v) is 6.56. The molecule has 2 heterocycles. The first kappa shape index (κ1) is 15.0. The molecule has 20 heavy (non-hydrogen) atoms. The second-order valence-electron chi connectivity index (χ2n) is 4.97. The predicted octanol–water partition coefficient (Wildman–Crippen LogP) is 0.0798. The number of nitrogens with one attached hydrogen (secondary N) is 1. The topological polar surface area (TPSA) is 85.7 Å². The monoisotopic (exact) mass is 283 g/mol. The molecule has 2 rings (SSSR count). The van der Waals surface area contributed by atoms with E-state index < -0.39 is 5.60 Å². The van der Waals surface area contributed by atoms with Crippen LogP contribution in [0.2, 0.25) is 0 Å². The molecule has 0 bridgehead atoms. The van der Waals surface area contributed by atoms with Crippen molar-refractivity contribution >= 4 is 0 Å². The van der Waals surface area contributed by atoms with E-state index in [1.54, 1.807) is 6.92 Å². The fourth-order valence-corrected chi connectivity index (χ4v) is 2.29. The molecule has 7 nitrogen and oxygen atoms in total. The van der Waals surface area contributed by atoms with Crippen molar-refractivity contribution < 1.29 is 19.3 Å². The fraction of sp³-hybridized carbons (Fsp3) is 0.692. The minimum atomic E-state index is -1.16. The molecule has 2 unspecified atom stereocenters. The van der Waals surface area contributed by atoms with Gasteiger partial charge in [0.2, 0.25) is 11.8 Å². The van der Waals surface area contributed by atoms with Gasteiger partial charge in [-0.25, -0.2) is 4.98 Å². The summed E-state index contributed by atoms with van der Waals surface area (Å²) >= 11 is 0. The molecular weight excluding hydrogens is 262 g/mol. The Morgan fingerprint density at radius 1 is 1.50 bits per heavy atom. The van der Waals surface area contributed by atoms with Crippen molar-refractivity contribution in [1.82, 2.24) is 15.3 Å². The van der Waals surface area contributed by atoms with Crippen LogP contribution in [-0.2, 0) is 10.3 Å². The number of aromatic nitrogens is 2. The van der Waals surface area contributed by atoms with Gasteiger partial charge < -0.3 is 24.6 Å². The maximum absolute atomic E-state index is 10.7. The fourth-order valence-electron chi connectivity index (χ4n) is 2.29. The number of morpholine rings is 1. The Bertz CT molecular complexity index is 447. The third-order valence-electron chi connectivity index (χ3n) is 3.27. The molecule has 2 N–H and O–H groups in total. The van der Waals surface area contributed by atoms with E-state index in [1.165, 1.54) is 20.4 Å². The Morgan fingerprint density at radius 3 is 2.90 bits per heavy atom. The molecule has 1 aromatic heterocycles. The molecule has 0 radical (unpaired) electrons. The molecule has 0 aliphatic carbocycles. The summed E-state index contributed by atoms with van der Waals surface area (Å²) in [7, 11) is 3.00. The van der Waals surface area contributed by atoms with Gasteiger partial charge in [0.15, 0.2) is 0 Å². The maximum atomic E-state index is 10.7. The van der Waals surface area contributed by atoms with Crippen LogP contribution in [0.15, 0.2) is 6.20 Å². The number of rotatable bonds is 5. The Balaban J connectivity index is 2.18. The first-order valence-electron chi connectivity index (χ1n) is 6.56. The largest absolute Gasteiger partial charge is 0.480 e. The van der Waals surface area contributed by atoms with Crippen molar-refractivity contribution in [2.24, 2.45) is 0 Å². The smallest absolute Gasteiger partial charge is 0.241 e. The standard InChI is InChI=1S/C13H21N3O4/c1-13(17,6-9-8-20-5-4-14-9)11-12(19-3)16-10(18-2)7-15-11/h7,9,14,17H,4-6,8H2,1-3H3. The van der Waals surface area contributed by atoms with Crippen LogP contribution in [0, 0.1) is 0 Å². The van der Waals surface area contributed by atoms with Crippen molar-refractivity contribution in [3.05, 3.63) is 11.9 Å². The van der Waals surface area contributed by atoms with Gasteiger partial charge in [-0.1, -0.05) is 0 Å². The third-order valence-corrected chi connectivity index (χ3v) is 3.27. The number of aliphatic hydroxyl groups is 1. The molecule has 0 amide bonds. The van der Waals surface area contributed by atoms with Gasteiger partial charge in [0.1, 0.15) is 11.3 Å². The van der Waals surface area contributed by atoms with E-state index in [4.69, 9.17) is 14.2 Å². The summed E-state index contributed by atoms with van der Waals surface area (Å²) in [6.45, 7) is 3.75. The average molecular weight is 283 g/mol. The van der Waals surface area contributed by atoms with Crippen LogP contribution in [0.5, 0.6) is 11.8 Å². The molecule has 0 aromatic carbocycles. The van der Waals surface area contributed by atoms with Gasteiger partial charge in [-0.2, -0.15) is 4.98 Å². The Morgan fingerprint density at radius 2 is 2.30 bits per heavy atom. The predicted molar refractivity (Wildman–Crippen MR) is 71.9 cm³/mol. The zero-order chi connectivity index (χ0) is 14.6. The minimum absolute atomic E-state index is 0.0763. The second-order valence-corrected chi connectivity index (χ2v) is 4.97. The molecule has 1 saturated heterocycles. The molecule has 1 aliphatic rings. The van der Waals surface area contributed by atoms with E-state index >= 15 is 0 Å². The van der Waals surface area contributed by atoms with Crippen LogP contribution in [0.3, 0.4) is 0 Å². The minimum Gasteiger partial charge on any atom is -0.480 e. The second kappa shape index (κ2) is 6.34. The summed E-state index contributed by atoms with van der Waals surface area (Å²) in [5.74, 6) is 0.617. The number of hydrogen-bond donors (Lipinski definition) is 2. The summed E-state index contributed by atoms with van der Waals surface area (Å²) in [5.41, 5.74) is -0.767. The lowest BCUT2D eigenvalue weighted by Gasteiger charge is -2.31. The number of ether oxygens (including phenoxy) is 3. The van der Waals surface area contributed by atoms with Crippen LogP contribution in [0.25, 0.3) is 0 Å². The van der Waals surface area contributed by atoms with Crippen LogP contribution < -0.4 is 14.8 Å². The zero-order valence-electron chi connectivity index (χ0n) is 12.0. The van der Waals surface area contributed by atoms with E-state index in [2.05, 4.69) is 15.3 Å². The first-order chi connectivity index (χ1) is 9.56. The third kappa shape index (κ3) is 3.36. The highest BCUT2D eigenvalue weighted by Gasteiger charge is 2.33. The molecule has 0 saturated carbocycles. The number of methoxy groups -OCH3 is 2. The van der Waals surface area contributed by atoms with Gasteiger partial charge in [0.25, 0.3) is 0 Å². The van der Waals surface area contributed by atoms with Crippen LogP contribution in [-0.4, -0.2) is 55.1 Å². The molecule has 112 valence electrons. The van der Waals surface area contributed by atoms with Crippen molar-refractivity contribution in [2.75, 3.05) is 34.0 Å². The molecule has 1 aromatic rings. The summed E-state index contributed by atoms with van der Waals surface area (Å²) in [5, 5.41) is 14.0. The number of nitrogens with zero attached hydrogens (tertiary/aromatic N) is 2. The lowest BCUT2D eigenvalue weighted by molar-refractivity contribution is -0.00145. The average Bonchev–Trinajstić information content (AvgIpc) is 2.47. The van der Waals surface area contributed by atoms with E-state index in [-0.39, 0.29) is 11.9 Å². The quantitative estimate of drug-likeness (QED) is 0.791. The highest BCUT2D eigenvalue weighted by molar-refractivity contribution is 5.27. The summed E-state index contributed by atoms with van der Waals surface area (Å²) in [4.78, 5) is 8.38. The van der Waals surface area contributed by atoms with Gasteiger partial charge in [0.05, 0.1) is 33.6 Å². The lowest BCUT2D eigenvalue weighted by Crippen LogP contribution is -2.45. The molecule has 1 fully saturated rings. The normalized spacial score (nSPS) is 22.1. The van der Waals surface area contributed by atoms with Crippen LogP contribution in [0.4, 0.5) is 0 Å². The highest BCUT2D eigenvalue weighted by atomic mass is 16.5. The lowest BCUT2D eigenvalue weighted by atomic mass is 9.93. The summed E-state index contributed by atoms with van der Waals surface area (Å²) in [6.07, 6.45) is 1.93. The van der Waals surface area contributed by atoms with Gasteiger partial charge in [-0.3, -0.25) is 0 Å². The van der Waals surface area contributed by atoms with Crippen LogP contribution in [0.1, 0.15) is 19.0 Å². The molecular formula is C13H21N3O4. The molecule has 7 heteroatoms. The Hall–Kier alpha value is -1.44. The summed E-state index contributed by atoms with van der Waals surface area (Å²) in [6, 6.07) is 0.0763. The highest BCUT2D eigenvalue weighted by Crippen LogP contribution is 2.31. The molecule has 0 spiro atoms. The number of hydrogen-bond acceptors (Lipinski definition) is 7. The van der Waals surface area contributed by atoms with Crippen molar-refractivity contribution in [1.29, 1.82) is 0 Å². The molecule has 1 aliphatic heterocycles. The maximum Gasteiger partial charge on any atom is 0.241 e. The molecule has 2 atom stereocenters. The Labute approximate surface area is 118 Å². The van der Waals surface area contributed by atoms with E-state index in [0.29, 0.717) is 31.2 Å². The van der Waals surface area contributed by atoms with Gasteiger partial charge >= 0.3 is 0 Å². The Kier molecular flexibility index (Phi) is 4.74. The van der Waals surface area contributed by atoms with Gasteiger partial charge in [-0.05, 0) is 13.3 Å². The van der Waals surface area contributed by atoms with E-state index in [0.717, 1.165) is 6.54 Å².